The third-order valence-electron chi connectivity index (χ3n) is 2.65. The van der Waals surface area contributed by atoms with Crippen molar-refractivity contribution in [1.29, 1.82) is 0 Å². The SMILES string of the molecule is NC(=NO)c1c(F)cccc1Oc1cccc(CO)c1. The summed E-state index contributed by atoms with van der Waals surface area (Å²) in [5.74, 6) is -0.503. The number of hydrogen-bond donors (Lipinski definition) is 3. The van der Waals surface area contributed by atoms with Gasteiger partial charge in [-0.3, -0.25) is 0 Å². The molecule has 0 bridgehead atoms. The third-order valence-corrected chi connectivity index (χ3v) is 2.65. The zero-order chi connectivity index (χ0) is 14.5. The van der Waals surface area contributed by atoms with Gasteiger partial charge in [-0.25, -0.2) is 4.39 Å². The van der Waals surface area contributed by atoms with Crippen LogP contribution in [-0.2, 0) is 6.61 Å². The van der Waals surface area contributed by atoms with Crippen molar-refractivity contribution in [2.75, 3.05) is 0 Å². The first kappa shape index (κ1) is 13.8. The van der Waals surface area contributed by atoms with Gasteiger partial charge >= 0.3 is 0 Å². The molecule has 0 fully saturated rings. The molecule has 20 heavy (non-hydrogen) atoms. The molecule has 0 aliphatic carbocycles. The minimum Gasteiger partial charge on any atom is -0.456 e. The maximum Gasteiger partial charge on any atom is 0.176 e. The van der Waals surface area contributed by atoms with E-state index in [1.54, 1.807) is 24.3 Å². The molecule has 104 valence electrons. The fourth-order valence-corrected chi connectivity index (χ4v) is 1.72. The van der Waals surface area contributed by atoms with Gasteiger partial charge in [0.25, 0.3) is 0 Å². The number of hydrogen-bond acceptors (Lipinski definition) is 4. The van der Waals surface area contributed by atoms with E-state index in [0.29, 0.717) is 11.3 Å². The predicted molar refractivity (Wildman–Crippen MR) is 71.3 cm³/mol. The van der Waals surface area contributed by atoms with Crippen molar-refractivity contribution in [2.45, 2.75) is 6.61 Å². The fourth-order valence-electron chi connectivity index (χ4n) is 1.72. The summed E-state index contributed by atoms with van der Waals surface area (Å²) in [7, 11) is 0. The van der Waals surface area contributed by atoms with Gasteiger partial charge in [0.15, 0.2) is 5.84 Å². The number of oxime groups is 1. The summed E-state index contributed by atoms with van der Waals surface area (Å²) in [6, 6.07) is 10.8. The third kappa shape index (κ3) is 2.86. The molecule has 2 rings (SSSR count). The summed E-state index contributed by atoms with van der Waals surface area (Å²) in [4.78, 5) is 0. The molecule has 0 aliphatic heterocycles. The summed E-state index contributed by atoms with van der Waals surface area (Å²) in [6.45, 7) is -0.132. The number of ether oxygens (including phenoxy) is 1. The van der Waals surface area contributed by atoms with E-state index in [1.165, 1.54) is 18.2 Å². The maximum absolute atomic E-state index is 13.7. The normalized spacial score (nSPS) is 11.4. The highest BCUT2D eigenvalue weighted by Crippen LogP contribution is 2.27. The number of rotatable bonds is 4. The number of aliphatic hydroxyl groups excluding tert-OH is 1. The Labute approximate surface area is 114 Å². The van der Waals surface area contributed by atoms with Gasteiger partial charge in [0.1, 0.15) is 17.3 Å². The van der Waals surface area contributed by atoms with Crippen LogP contribution in [0, 0.1) is 5.82 Å². The van der Waals surface area contributed by atoms with E-state index in [4.69, 9.17) is 20.8 Å². The molecule has 2 aromatic rings. The Morgan fingerprint density at radius 3 is 2.70 bits per heavy atom. The number of aliphatic hydroxyl groups is 1. The van der Waals surface area contributed by atoms with E-state index in [9.17, 15) is 4.39 Å². The highest BCUT2D eigenvalue weighted by Gasteiger charge is 2.15. The fraction of sp³-hybridized carbons (Fsp3) is 0.0714. The van der Waals surface area contributed by atoms with E-state index in [2.05, 4.69) is 5.16 Å². The zero-order valence-corrected chi connectivity index (χ0v) is 10.5. The molecular formula is C14H13FN2O3. The Kier molecular flexibility index (Phi) is 4.17. The summed E-state index contributed by atoms with van der Waals surface area (Å²) in [5, 5.41) is 20.5. The van der Waals surface area contributed by atoms with Crippen LogP contribution in [0.3, 0.4) is 0 Å². The number of benzene rings is 2. The Balaban J connectivity index is 2.40. The molecular weight excluding hydrogens is 263 g/mol. The number of nitrogens with zero attached hydrogens (tertiary/aromatic N) is 1. The zero-order valence-electron chi connectivity index (χ0n) is 10.5. The molecule has 0 amide bonds. The molecule has 0 unspecified atom stereocenters. The molecule has 0 aliphatic rings. The smallest absolute Gasteiger partial charge is 0.176 e. The van der Waals surface area contributed by atoms with Gasteiger partial charge in [0, 0.05) is 0 Å². The molecule has 0 saturated heterocycles. The van der Waals surface area contributed by atoms with E-state index in [0.717, 1.165) is 0 Å². The molecule has 0 radical (unpaired) electrons. The summed E-state index contributed by atoms with van der Waals surface area (Å²) in [5.41, 5.74) is 5.98. The molecule has 0 saturated carbocycles. The molecule has 0 heterocycles. The Morgan fingerprint density at radius 2 is 2.00 bits per heavy atom. The van der Waals surface area contributed by atoms with Crippen molar-refractivity contribution in [3.63, 3.8) is 0 Å². The topological polar surface area (TPSA) is 88.1 Å². The van der Waals surface area contributed by atoms with Gasteiger partial charge in [-0.2, -0.15) is 0 Å². The van der Waals surface area contributed by atoms with Gasteiger partial charge in [-0.1, -0.05) is 23.4 Å². The van der Waals surface area contributed by atoms with Crippen LogP contribution in [0.5, 0.6) is 11.5 Å². The standard InChI is InChI=1S/C14H13FN2O3/c15-11-5-2-6-12(13(11)14(16)17-19)20-10-4-1-3-9(7-10)8-18/h1-7,18-19H,8H2,(H2,16,17). The van der Waals surface area contributed by atoms with Crippen LogP contribution in [0.1, 0.15) is 11.1 Å². The van der Waals surface area contributed by atoms with Crippen molar-refractivity contribution in [3.05, 3.63) is 59.4 Å². The second-order valence-corrected chi connectivity index (χ2v) is 4.01. The van der Waals surface area contributed by atoms with E-state index >= 15 is 0 Å². The van der Waals surface area contributed by atoms with Gasteiger partial charge in [-0.15, -0.1) is 0 Å². The first-order chi connectivity index (χ1) is 9.65. The van der Waals surface area contributed by atoms with Crippen LogP contribution < -0.4 is 10.5 Å². The highest BCUT2D eigenvalue weighted by molar-refractivity contribution is 5.99. The first-order valence-corrected chi connectivity index (χ1v) is 5.79. The molecule has 0 aromatic heterocycles. The monoisotopic (exact) mass is 276 g/mol. The quantitative estimate of drug-likeness (QED) is 0.346. The van der Waals surface area contributed by atoms with Gasteiger partial charge < -0.3 is 20.8 Å². The average molecular weight is 276 g/mol. The minimum absolute atomic E-state index is 0.121. The lowest BCUT2D eigenvalue weighted by atomic mass is 10.1. The van der Waals surface area contributed by atoms with Crippen molar-refractivity contribution in [1.82, 2.24) is 0 Å². The van der Waals surface area contributed by atoms with Crippen molar-refractivity contribution in [2.24, 2.45) is 10.9 Å². The molecule has 0 spiro atoms. The van der Waals surface area contributed by atoms with Crippen molar-refractivity contribution >= 4 is 5.84 Å². The minimum atomic E-state index is -0.656. The molecule has 0 atom stereocenters. The maximum atomic E-state index is 13.7. The Morgan fingerprint density at radius 1 is 1.25 bits per heavy atom. The van der Waals surface area contributed by atoms with Crippen LogP contribution >= 0.6 is 0 Å². The molecule has 4 N–H and O–H groups in total. The van der Waals surface area contributed by atoms with E-state index < -0.39 is 5.82 Å². The van der Waals surface area contributed by atoms with Crippen LogP contribution in [-0.4, -0.2) is 16.1 Å². The second kappa shape index (κ2) is 6.03. The van der Waals surface area contributed by atoms with Crippen molar-refractivity contribution in [3.8, 4) is 11.5 Å². The summed E-state index contributed by atoms with van der Waals surface area (Å²) >= 11 is 0. The van der Waals surface area contributed by atoms with Crippen LogP contribution in [0.15, 0.2) is 47.6 Å². The highest BCUT2D eigenvalue weighted by atomic mass is 19.1. The largest absolute Gasteiger partial charge is 0.456 e. The van der Waals surface area contributed by atoms with E-state index in [-0.39, 0.29) is 23.8 Å². The Bertz CT molecular complexity index is 644. The molecule has 5 nitrogen and oxygen atoms in total. The summed E-state index contributed by atoms with van der Waals surface area (Å²) in [6.07, 6.45) is 0. The summed E-state index contributed by atoms with van der Waals surface area (Å²) < 4.78 is 19.3. The first-order valence-electron chi connectivity index (χ1n) is 5.79. The van der Waals surface area contributed by atoms with Gasteiger partial charge in [-0.05, 0) is 29.8 Å². The van der Waals surface area contributed by atoms with E-state index in [1.807, 2.05) is 0 Å². The lowest BCUT2D eigenvalue weighted by Gasteiger charge is -2.11. The van der Waals surface area contributed by atoms with Crippen LogP contribution in [0.4, 0.5) is 4.39 Å². The second-order valence-electron chi connectivity index (χ2n) is 4.01. The van der Waals surface area contributed by atoms with Crippen LogP contribution in [0.25, 0.3) is 0 Å². The lowest BCUT2D eigenvalue weighted by molar-refractivity contribution is 0.281. The van der Waals surface area contributed by atoms with Gasteiger partial charge in [0.05, 0.1) is 12.2 Å². The molecule has 6 heteroatoms. The van der Waals surface area contributed by atoms with Crippen LogP contribution in [0.2, 0.25) is 0 Å². The number of halogens is 1. The Hall–Kier alpha value is -2.60. The molecule has 2 aromatic carbocycles. The number of nitrogens with two attached hydrogens (primary N) is 1. The lowest BCUT2D eigenvalue weighted by Crippen LogP contribution is -2.16. The van der Waals surface area contributed by atoms with Gasteiger partial charge in [0.2, 0.25) is 0 Å². The van der Waals surface area contributed by atoms with Crippen molar-refractivity contribution < 1.29 is 19.4 Å². The number of amidine groups is 1. The average Bonchev–Trinajstić information content (AvgIpc) is 2.47. The predicted octanol–water partition coefficient (Wildman–Crippen LogP) is 2.20.